The molecule has 0 fully saturated rings. The summed E-state index contributed by atoms with van der Waals surface area (Å²) in [5, 5.41) is 12.6. The van der Waals surface area contributed by atoms with Crippen LogP contribution in [-0.2, 0) is 16.4 Å². The van der Waals surface area contributed by atoms with Gasteiger partial charge in [-0.2, -0.15) is 0 Å². The minimum atomic E-state index is -3.37. The molecule has 0 saturated carbocycles. The Bertz CT molecular complexity index is 729. The van der Waals surface area contributed by atoms with Crippen LogP contribution in [0.3, 0.4) is 0 Å². The van der Waals surface area contributed by atoms with Crippen molar-refractivity contribution in [2.75, 3.05) is 17.3 Å². The molecule has 0 aliphatic rings. The van der Waals surface area contributed by atoms with Crippen molar-refractivity contribution in [3.05, 3.63) is 42.1 Å². The molecule has 0 aliphatic heterocycles. The standard InChI is InChI=1S/C13H15N3O3S/c1-20(18,19)12-3-2-6-15-13(12)16-8-9-7-10(14)4-5-11(9)17/h2-7,17H,8,14H2,1H3,(H,15,16). The molecule has 0 amide bonds. The molecular formula is C13H15N3O3S. The largest absolute Gasteiger partial charge is 0.508 e. The highest BCUT2D eigenvalue weighted by Crippen LogP contribution is 2.23. The average molecular weight is 293 g/mol. The molecule has 6 nitrogen and oxygen atoms in total. The van der Waals surface area contributed by atoms with Crippen molar-refractivity contribution < 1.29 is 13.5 Å². The fourth-order valence-electron chi connectivity index (χ4n) is 1.75. The molecule has 7 heteroatoms. The second kappa shape index (κ2) is 5.38. The zero-order valence-corrected chi connectivity index (χ0v) is 11.7. The van der Waals surface area contributed by atoms with E-state index >= 15 is 0 Å². The zero-order chi connectivity index (χ0) is 14.8. The van der Waals surface area contributed by atoms with Crippen LogP contribution in [0.4, 0.5) is 11.5 Å². The molecule has 2 rings (SSSR count). The van der Waals surface area contributed by atoms with Gasteiger partial charge in [0.2, 0.25) is 0 Å². The molecule has 0 radical (unpaired) electrons. The van der Waals surface area contributed by atoms with Gasteiger partial charge in [0.25, 0.3) is 0 Å². The first kappa shape index (κ1) is 14.1. The van der Waals surface area contributed by atoms with Gasteiger partial charge < -0.3 is 16.2 Å². The molecule has 0 unspecified atom stereocenters. The van der Waals surface area contributed by atoms with E-state index in [-0.39, 0.29) is 23.0 Å². The monoisotopic (exact) mass is 293 g/mol. The summed E-state index contributed by atoms with van der Waals surface area (Å²) in [6.45, 7) is 0.219. The van der Waals surface area contributed by atoms with Crippen LogP contribution >= 0.6 is 0 Å². The van der Waals surface area contributed by atoms with Gasteiger partial charge in [-0.15, -0.1) is 0 Å². The SMILES string of the molecule is CS(=O)(=O)c1cccnc1NCc1cc(N)ccc1O. The van der Waals surface area contributed by atoms with Crippen LogP contribution in [0.1, 0.15) is 5.56 Å². The third kappa shape index (κ3) is 3.18. The van der Waals surface area contributed by atoms with Gasteiger partial charge in [-0.3, -0.25) is 0 Å². The Balaban J connectivity index is 2.26. The molecule has 2 aromatic rings. The number of nitrogens with two attached hydrogens (primary N) is 1. The van der Waals surface area contributed by atoms with Crippen LogP contribution in [-0.4, -0.2) is 24.8 Å². The van der Waals surface area contributed by atoms with E-state index in [4.69, 9.17) is 5.73 Å². The Kier molecular flexibility index (Phi) is 3.80. The predicted molar refractivity (Wildman–Crippen MR) is 77.2 cm³/mol. The maximum atomic E-state index is 11.6. The Morgan fingerprint density at radius 3 is 2.80 bits per heavy atom. The summed E-state index contributed by atoms with van der Waals surface area (Å²) in [4.78, 5) is 4.12. The molecule has 0 aliphatic carbocycles. The summed E-state index contributed by atoms with van der Waals surface area (Å²) in [5.41, 5.74) is 6.73. The van der Waals surface area contributed by atoms with Crippen LogP contribution in [0.25, 0.3) is 0 Å². The number of nitrogens with zero attached hydrogens (tertiary/aromatic N) is 1. The molecule has 1 heterocycles. The van der Waals surface area contributed by atoms with Gasteiger partial charge in [-0.25, -0.2) is 13.4 Å². The first-order chi connectivity index (χ1) is 9.38. The number of benzene rings is 1. The number of sulfone groups is 1. The highest BCUT2D eigenvalue weighted by Gasteiger charge is 2.14. The number of hydrogen-bond acceptors (Lipinski definition) is 6. The van der Waals surface area contributed by atoms with E-state index in [0.29, 0.717) is 11.3 Å². The van der Waals surface area contributed by atoms with E-state index in [9.17, 15) is 13.5 Å². The third-order valence-electron chi connectivity index (χ3n) is 2.72. The van der Waals surface area contributed by atoms with Gasteiger partial charge in [-0.1, -0.05) is 0 Å². The number of phenolic OH excluding ortho intramolecular Hbond substituents is 1. The van der Waals surface area contributed by atoms with E-state index in [1.54, 1.807) is 18.2 Å². The summed E-state index contributed by atoms with van der Waals surface area (Å²) in [6, 6.07) is 7.72. The van der Waals surface area contributed by atoms with Crippen LogP contribution in [0.5, 0.6) is 5.75 Å². The lowest BCUT2D eigenvalue weighted by Crippen LogP contribution is -2.08. The second-order valence-electron chi connectivity index (χ2n) is 4.36. The highest BCUT2D eigenvalue weighted by molar-refractivity contribution is 7.90. The molecule has 20 heavy (non-hydrogen) atoms. The lowest BCUT2D eigenvalue weighted by atomic mass is 10.2. The maximum absolute atomic E-state index is 11.6. The fourth-order valence-corrected chi connectivity index (χ4v) is 2.55. The van der Waals surface area contributed by atoms with Crippen molar-refractivity contribution in [3.63, 3.8) is 0 Å². The molecule has 1 aromatic carbocycles. The van der Waals surface area contributed by atoms with Gasteiger partial charge >= 0.3 is 0 Å². The van der Waals surface area contributed by atoms with Crippen LogP contribution in [0, 0.1) is 0 Å². The minimum absolute atomic E-state index is 0.0866. The predicted octanol–water partition coefficient (Wildman–Crippen LogP) is 1.39. The quantitative estimate of drug-likeness (QED) is 0.581. The van der Waals surface area contributed by atoms with E-state index < -0.39 is 9.84 Å². The van der Waals surface area contributed by atoms with Gasteiger partial charge in [0.15, 0.2) is 9.84 Å². The number of pyridine rings is 1. The van der Waals surface area contributed by atoms with Gasteiger partial charge in [0, 0.05) is 30.2 Å². The molecule has 1 aromatic heterocycles. The van der Waals surface area contributed by atoms with Crippen molar-refractivity contribution in [2.24, 2.45) is 0 Å². The number of nitrogen functional groups attached to an aromatic ring is 1. The smallest absolute Gasteiger partial charge is 0.179 e. The van der Waals surface area contributed by atoms with Crippen molar-refractivity contribution >= 4 is 21.3 Å². The van der Waals surface area contributed by atoms with Crippen molar-refractivity contribution in [2.45, 2.75) is 11.4 Å². The Hall–Kier alpha value is -2.28. The van der Waals surface area contributed by atoms with Crippen LogP contribution in [0.2, 0.25) is 0 Å². The molecule has 0 spiro atoms. The van der Waals surface area contributed by atoms with E-state index in [0.717, 1.165) is 6.26 Å². The van der Waals surface area contributed by atoms with Gasteiger partial charge in [0.05, 0.1) is 0 Å². The molecule has 106 valence electrons. The molecule has 4 N–H and O–H groups in total. The summed E-state index contributed by atoms with van der Waals surface area (Å²) in [6.07, 6.45) is 2.61. The lowest BCUT2D eigenvalue weighted by molar-refractivity contribution is 0.469. The first-order valence-corrected chi connectivity index (χ1v) is 7.73. The van der Waals surface area contributed by atoms with Gasteiger partial charge in [0.1, 0.15) is 16.5 Å². The topological polar surface area (TPSA) is 105 Å². The number of rotatable bonds is 4. The van der Waals surface area contributed by atoms with E-state index in [1.165, 1.54) is 18.3 Å². The normalized spacial score (nSPS) is 11.2. The fraction of sp³-hybridized carbons (Fsp3) is 0.154. The molecule has 0 bridgehead atoms. The first-order valence-electron chi connectivity index (χ1n) is 5.84. The summed E-state index contributed by atoms with van der Waals surface area (Å²) in [5.74, 6) is 0.334. The Morgan fingerprint density at radius 2 is 2.10 bits per heavy atom. The molecular weight excluding hydrogens is 278 g/mol. The molecule has 0 saturated heterocycles. The number of aromatic hydroxyl groups is 1. The van der Waals surface area contributed by atoms with Gasteiger partial charge in [-0.05, 0) is 30.3 Å². The zero-order valence-electron chi connectivity index (χ0n) is 10.9. The van der Waals surface area contributed by atoms with Crippen LogP contribution < -0.4 is 11.1 Å². The summed E-state index contributed by atoms with van der Waals surface area (Å²) in [7, 11) is -3.37. The number of nitrogens with one attached hydrogen (secondary N) is 1. The highest BCUT2D eigenvalue weighted by atomic mass is 32.2. The summed E-state index contributed by atoms with van der Waals surface area (Å²) < 4.78 is 23.3. The van der Waals surface area contributed by atoms with E-state index in [2.05, 4.69) is 10.3 Å². The number of anilines is 2. The number of hydrogen-bond donors (Lipinski definition) is 3. The second-order valence-corrected chi connectivity index (χ2v) is 6.35. The van der Waals surface area contributed by atoms with E-state index in [1.807, 2.05) is 0 Å². The molecule has 0 atom stereocenters. The number of aromatic nitrogens is 1. The van der Waals surface area contributed by atoms with Crippen molar-refractivity contribution in [1.82, 2.24) is 4.98 Å². The van der Waals surface area contributed by atoms with Crippen molar-refractivity contribution in [3.8, 4) is 5.75 Å². The van der Waals surface area contributed by atoms with Crippen molar-refractivity contribution in [1.29, 1.82) is 0 Å². The number of phenols is 1. The Labute approximate surface area is 117 Å². The maximum Gasteiger partial charge on any atom is 0.179 e. The third-order valence-corrected chi connectivity index (χ3v) is 3.85. The van der Waals surface area contributed by atoms with Crippen LogP contribution in [0.15, 0.2) is 41.4 Å². The average Bonchev–Trinajstić information content (AvgIpc) is 2.39. The lowest BCUT2D eigenvalue weighted by Gasteiger charge is -2.11. The summed E-state index contributed by atoms with van der Waals surface area (Å²) >= 11 is 0. The minimum Gasteiger partial charge on any atom is -0.508 e. The Morgan fingerprint density at radius 1 is 1.35 bits per heavy atom.